The number of benzene rings is 1. The lowest BCUT2D eigenvalue weighted by molar-refractivity contribution is -0.137. The maximum absolute atomic E-state index is 12.7. The van der Waals surface area contributed by atoms with Gasteiger partial charge in [0.15, 0.2) is 0 Å². The van der Waals surface area contributed by atoms with Crippen molar-refractivity contribution < 1.29 is 22.8 Å². The molecule has 0 fully saturated rings. The Kier molecular flexibility index (Phi) is 5.62. The van der Waals surface area contributed by atoms with Crippen molar-refractivity contribution in [1.82, 2.24) is 10.6 Å². The fraction of sp³-hybridized carbons (Fsp3) is 0.111. The second-order valence-corrected chi connectivity index (χ2v) is 7.57. The van der Waals surface area contributed by atoms with Gasteiger partial charge in [-0.2, -0.15) is 13.2 Å². The first kappa shape index (κ1) is 19.1. The average Bonchev–Trinajstić information content (AvgIpc) is 3.30. The van der Waals surface area contributed by atoms with Crippen LogP contribution >= 0.6 is 22.7 Å². The van der Waals surface area contributed by atoms with E-state index in [4.69, 9.17) is 0 Å². The average molecular weight is 410 g/mol. The molecular formula is C18H13F3N2O2S2. The maximum atomic E-state index is 12.7. The van der Waals surface area contributed by atoms with Gasteiger partial charge in [-0.1, -0.05) is 12.1 Å². The number of nitrogens with one attached hydrogen (secondary N) is 2. The van der Waals surface area contributed by atoms with E-state index in [-0.39, 0.29) is 12.1 Å². The SMILES string of the molecule is O=C(NCc1ccc(-c2cccs2)s1)NC(=O)c1cccc(C(F)(F)F)c1. The molecule has 4 nitrogen and oxygen atoms in total. The molecule has 0 aliphatic rings. The first-order chi connectivity index (χ1) is 12.8. The summed E-state index contributed by atoms with van der Waals surface area (Å²) in [6.07, 6.45) is -4.56. The van der Waals surface area contributed by atoms with Gasteiger partial charge in [-0.05, 0) is 41.8 Å². The van der Waals surface area contributed by atoms with Crippen LogP contribution in [-0.2, 0) is 12.7 Å². The maximum Gasteiger partial charge on any atom is 0.416 e. The van der Waals surface area contributed by atoms with Gasteiger partial charge in [0, 0.05) is 20.2 Å². The topological polar surface area (TPSA) is 58.2 Å². The Morgan fingerprint density at radius 1 is 1.00 bits per heavy atom. The molecular weight excluding hydrogens is 397 g/mol. The van der Waals surface area contributed by atoms with E-state index in [0.29, 0.717) is 6.07 Å². The fourth-order valence-corrected chi connectivity index (χ4v) is 4.03. The summed E-state index contributed by atoms with van der Waals surface area (Å²) >= 11 is 3.12. The normalized spacial score (nSPS) is 11.2. The number of carbonyl (C=O) groups is 2. The minimum Gasteiger partial charge on any atom is -0.333 e. The molecule has 3 amide bonds. The zero-order valence-electron chi connectivity index (χ0n) is 13.7. The highest BCUT2D eigenvalue weighted by molar-refractivity contribution is 7.21. The molecule has 0 aliphatic carbocycles. The van der Waals surface area contributed by atoms with Crippen LogP contribution in [0.5, 0.6) is 0 Å². The van der Waals surface area contributed by atoms with Crippen molar-refractivity contribution in [2.24, 2.45) is 0 Å². The van der Waals surface area contributed by atoms with E-state index in [0.717, 1.165) is 26.8 Å². The number of thiophene rings is 2. The third-order valence-corrected chi connectivity index (χ3v) is 5.68. The molecule has 0 atom stereocenters. The number of rotatable bonds is 4. The molecule has 2 heterocycles. The Balaban J connectivity index is 1.56. The molecule has 0 radical (unpaired) electrons. The lowest BCUT2D eigenvalue weighted by Gasteiger charge is -2.09. The first-order valence-corrected chi connectivity index (χ1v) is 9.41. The van der Waals surface area contributed by atoms with Crippen LogP contribution in [0.15, 0.2) is 53.9 Å². The molecule has 27 heavy (non-hydrogen) atoms. The summed E-state index contributed by atoms with van der Waals surface area (Å²) in [5.41, 5.74) is -1.19. The number of carbonyl (C=O) groups excluding carboxylic acids is 2. The van der Waals surface area contributed by atoms with Crippen LogP contribution in [0.2, 0.25) is 0 Å². The van der Waals surface area contributed by atoms with Crippen molar-refractivity contribution in [2.75, 3.05) is 0 Å². The van der Waals surface area contributed by atoms with Crippen molar-refractivity contribution in [3.05, 3.63) is 69.9 Å². The second-order valence-electron chi connectivity index (χ2n) is 5.46. The molecule has 0 bridgehead atoms. The minimum absolute atomic E-state index is 0.206. The monoisotopic (exact) mass is 410 g/mol. The summed E-state index contributed by atoms with van der Waals surface area (Å²) in [6, 6.07) is 10.9. The van der Waals surface area contributed by atoms with Gasteiger partial charge in [-0.15, -0.1) is 22.7 Å². The van der Waals surface area contributed by atoms with E-state index < -0.39 is 23.7 Å². The molecule has 0 saturated heterocycles. The first-order valence-electron chi connectivity index (χ1n) is 7.72. The van der Waals surface area contributed by atoms with Crippen molar-refractivity contribution in [2.45, 2.75) is 12.7 Å². The van der Waals surface area contributed by atoms with E-state index in [1.807, 2.05) is 35.0 Å². The number of urea groups is 1. The van der Waals surface area contributed by atoms with E-state index in [1.165, 1.54) is 17.4 Å². The second kappa shape index (κ2) is 7.93. The fourth-order valence-electron chi connectivity index (χ4n) is 2.25. The lowest BCUT2D eigenvalue weighted by Crippen LogP contribution is -2.39. The lowest BCUT2D eigenvalue weighted by atomic mass is 10.1. The highest BCUT2D eigenvalue weighted by atomic mass is 32.1. The Labute approximate surface area is 160 Å². The van der Waals surface area contributed by atoms with Crippen molar-refractivity contribution in [3.8, 4) is 9.75 Å². The van der Waals surface area contributed by atoms with Gasteiger partial charge >= 0.3 is 12.2 Å². The summed E-state index contributed by atoms with van der Waals surface area (Å²) in [5.74, 6) is -0.899. The molecule has 2 N–H and O–H groups in total. The predicted molar refractivity (Wildman–Crippen MR) is 98.8 cm³/mol. The van der Waals surface area contributed by atoms with Crippen molar-refractivity contribution in [1.29, 1.82) is 0 Å². The van der Waals surface area contributed by atoms with E-state index >= 15 is 0 Å². The number of hydrogen-bond acceptors (Lipinski definition) is 4. The van der Waals surface area contributed by atoms with Gasteiger partial charge in [0.1, 0.15) is 0 Å². The zero-order valence-corrected chi connectivity index (χ0v) is 15.3. The molecule has 9 heteroatoms. The van der Waals surface area contributed by atoms with E-state index in [2.05, 4.69) is 5.32 Å². The minimum atomic E-state index is -4.56. The molecule has 0 aliphatic heterocycles. The van der Waals surface area contributed by atoms with Crippen LogP contribution in [-0.4, -0.2) is 11.9 Å². The molecule has 2 aromatic heterocycles. The predicted octanol–water partition coefficient (Wildman–Crippen LogP) is 5.14. The molecule has 0 saturated carbocycles. The molecule has 3 rings (SSSR count). The Morgan fingerprint density at radius 3 is 2.52 bits per heavy atom. The number of imide groups is 1. The Morgan fingerprint density at radius 2 is 1.81 bits per heavy atom. The molecule has 0 unspecified atom stereocenters. The highest BCUT2D eigenvalue weighted by Gasteiger charge is 2.31. The summed E-state index contributed by atoms with van der Waals surface area (Å²) < 4.78 is 38.1. The summed E-state index contributed by atoms with van der Waals surface area (Å²) in [6.45, 7) is 0.206. The van der Waals surface area contributed by atoms with Crippen LogP contribution in [0.4, 0.5) is 18.0 Å². The van der Waals surface area contributed by atoms with Gasteiger partial charge in [0.25, 0.3) is 5.91 Å². The molecule has 1 aromatic carbocycles. The quantitative estimate of drug-likeness (QED) is 0.626. The van der Waals surface area contributed by atoms with Crippen LogP contribution < -0.4 is 10.6 Å². The third-order valence-electron chi connectivity index (χ3n) is 3.53. The summed E-state index contributed by atoms with van der Waals surface area (Å²) in [7, 11) is 0. The number of alkyl halides is 3. The molecule has 0 spiro atoms. The number of halogens is 3. The van der Waals surface area contributed by atoms with Crippen LogP contribution in [0.3, 0.4) is 0 Å². The van der Waals surface area contributed by atoms with Gasteiger partial charge in [0.2, 0.25) is 0 Å². The van der Waals surface area contributed by atoms with Crippen molar-refractivity contribution >= 4 is 34.6 Å². The summed E-state index contributed by atoms with van der Waals surface area (Å²) in [5, 5.41) is 6.53. The molecule has 140 valence electrons. The Bertz CT molecular complexity index is 950. The smallest absolute Gasteiger partial charge is 0.333 e. The summed E-state index contributed by atoms with van der Waals surface area (Å²) in [4.78, 5) is 26.9. The largest absolute Gasteiger partial charge is 0.416 e. The van der Waals surface area contributed by atoms with Gasteiger partial charge in [-0.3, -0.25) is 10.1 Å². The Hall–Kier alpha value is -2.65. The zero-order chi connectivity index (χ0) is 19.4. The van der Waals surface area contributed by atoms with Gasteiger partial charge < -0.3 is 5.32 Å². The van der Waals surface area contributed by atoms with Crippen LogP contribution in [0.25, 0.3) is 9.75 Å². The molecule has 3 aromatic rings. The van der Waals surface area contributed by atoms with Crippen LogP contribution in [0, 0.1) is 0 Å². The van der Waals surface area contributed by atoms with E-state index in [1.54, 1.807) is 11.3 Å². The highest BCUT2D eigenvalue weighted by Crippen LogP contribution is 2.31. The number of hydrogen-bond donors (Lipinski definition) is 2. The van der Waals surface area contributed by atoms with Gasteiger partial charge in [-0.25, -0.2) is 4.79 Å². The standard InChI is InChI=1S/C18H13F3N2O2S2/c19-18(20,21)12-4-1-3-11(9-12)16(24)23-17(25)22-10-13-6-7-15(27-13)14-5-2-8-26-14/h1-9H,10H2,(H2,22,23,24,25). The van der Waals surface area contributed by atoms with Gasteiger partial charge in [0.05, 0.1) is 12.1 Å². The third kappa shape index (κ3) is 4.95. The van der Waals surface area contributed by atoms with Crippen LogP contribution in [0.1, 0.15) is 20.8 Å². The number of amides is 3. The van der Waals surface area contributed by atoms with Crippen molar-refractivity contribution in [3.63, 3.8) is 0 Å². The van der Waals surface area contributed by atoms with E-state index in [9.17, 15) is 22.8 Å².